The van der Waals surface area contributed by atoms with Gasteiger partial charge in [-0.3, -0.25) is 0 Å². The zero-order valence-corrected chi connectivity index (χ0v) is 20.4. The van der Waals surface area contributed by atoms with Gasteiger partial charge in [0, 0.05) is 0 Å². The molecule has 0 spiro atoms. The van der Waals surface area contributed by atoms with Crippen LogP contribution in [0.15, 0.2) is 11.7 Å². The first-order valence-corrected chi connectivity index (χ1v) is 18.2. The number of carbonyl (C=O) groups excluding carboxylic acids is 1. The van der Waals surface area contributed by atoms with E-state index >= 15 is 0 Å². The van der Waals surface area contributed by atoms with Crippen LogP contribution in [0.1, 0.15) is 0 Å². The highest BCUT2D eigenvalue weighted by Crippen LogP contribution is 2.24. The number of hydrogen-bond acceptors (Lipinski definition) is 6. The maximum atomic E-state index is 12.2. The van der Waals surface area contributed by atoms with Crippen molar-refractivity contribution in [2.45, 2.75) is 58.9 Å². The molecule has 22 heavy (non-hydrogen) atoms. The van der Waals surface area contributed by atoms with Crippen LogP contribution < -0.4 is 0 Å². The van der Waals surface area contributed by atoms with Crippen molar-refractivity contribution in [3.8, 4) is 0 Å². The number of carbonyl (C=O) groups is 1. The van der Waals surface area contributed by atoms with Crippen molar-refractivity contribution in [2.24, 2.45) is 0 Å². The summed E-state index contributed by atoms with van der Waals surface area (Å²) in [6, 6.07) is 0. The summed E-state index contributed by atoms with van der Waals surface area (Å²) in [4.78, 5) is 16.9. The molecule has 0 heterocycles. The molecule has 0 aliphatic rings. The van der Waals surface area contributed by atoms with Gasteiger partial charge < -0.3 is 18.2 Å². The van der Waals surface area contributed by atoms with Gasteiger partial charge in [0.15, 0.2) is 0 Å². The summed E-state index contributed by atoms with van der Waals surface area (Å²) in [6.45, 7) is 18.0. The molecule has 0 bridgehead atoms. The van der Waals surface area contributed by atoms with Crippen LogP contribution in [0.5, 0.6) is 0 Å². The van der Waals surface area contributed by atoms with Gasteiger partial charge in [0.1, 0.15) is 0 Å². The monoisotopic (exact) mass is 382 g/mol. The van der Waals surface area contributed by atoms with Gasteiger partial charge in [-0.2, -0.15) is 0 Å². The topological polar surface area (TPSA) is 63.2 Å². The Morgan fingerprint density at radius 1 is 0.727 bits per heavy atom. The lowest BCUT2D eigenvalue weighted by molar-refractivity contribution is -0.210. The maximum absolute atomic E-state index is 12.2. The molecule has 0 aromatic carbocycles. The molecule has 6 nitrogen and oxygen atoms in total. The highest BCUT2D eigenvalue weighted by Gasteiger charge is 2.34. The normalized spacial score (nSPS) is 12.6. The standard InChI is InChI=1S/C12H30O6Si4/c1-20(2,3)15-10(11(13)14-18-19)12(16-21(4,5)6)17-22(7,8)9/h1-9,19H3. The van der Waals surface area contributed by atoms with Crippen molar-refractivity contribution in [1.29, 1.82) is 0 Å². The summed E-state index contributed by atoms with van der Waals surface area (Å²) in [5.74, 6) is -0.576. The summed E-state index contributed by atoms with van der Waals surface area (Å²) >= 11 is 0. The van der Waals surface area contributed by atoms with Gasteiger partial charge in [-0.15, -0.1) is 0 Å². The van der Waals surface area contributed by atoms with Crippen LogP contribution in [0, 0.1) is 0 Å². The van der Waals surface area contributed by atoms with E-state index in [1.165, 1.54) is 0 Å². The molecule has 0 aliphatic carbocycles. The second-order valence-electron chi connectivity index (χ2n) is 7.80. The molecule has 0 amide bonds. The molecule has 0 unspecified atom stereocenters. The van der Waals surface area contributed by atoms with Crippen LogP contribution in [0.2, 0.25) is 58.9 Å². The Morgan fingerprint density at radius 3 is 1.36 bits per heavy atom. The van der Waals surface area contributed by atoms with Gasteiger partial charge >= 0.3 is 11.9 Å². The van der Waals surface area contributed by atoms with Crippen LogP contribution in [0.4, 0.5) is 0 Å². The molecular weight excluding hydrogens is 352 g/mol. The van der Waals surface area contributed by atoms with Gasteiger partial charge in [-0.1, -0.05) is 0 Å². The van der Waals surface area contributed by atoms with Crippen LogP contribution in [-0.4, -0.2) is 41.4 Å². The first-order valence-electron chi connectivity index (χ1n) is 7.21. The fourth-order valence-corrected chi connectivity index (χ4v) is 3.65. The van der Waals surface area contributed by atoms with E-state index in [2.05, 4.69) is 4.58 Å². The predicted molar refractivity (Wildman–Crippen MR) is 97.4 cm³/mol. The third-order valence-corrected chi connectivity index (χ3v) is 4.31. The quantitative estimate of drug-likeness (QED) is 0.211. The van der Waals surface area contributed by atoms with Crippen LogP contribution >= 0.6 is 0 Å². The van der Waals surface area contributed by atoms with E-state index in [9.17, 15) is 4.79 Å². The van der Waals surface area contributed by atoms with Crippen molar-refractivity contribution >= 4 is 41.4 Å². The maximum Gasteiger partial charge on any atom is 0.411 e. The minimum atomic E-state index is -2.06. The fourth-order valence-electron chi connectivity index (χ4n) is 1.26. The Hall–Kier alpha value is -0.562. The highest BCUT2D eigenvalue weighted by molar-refractivity contribution is 6.71. The zero-order chi connectivity index (χ0) is 17.8. The van der Waals surface area contributed by atoms with Crippen molar-refractivity contribution < 1.29 is 27.5 Å². The van der Waals surface area contributed by atoms with Gasteiger partial charge in [0.2, 0.25) is 35.4 Å². The molecule has 0 aromatic rings. The predicted octanol–water partition coefficient (Wildman–Crippen LogP) is 2.47. The average molecular weight is 383 g/mol. The second-order valence-corrected chi connectivity index (χ2v) is 21.4. The van der Waals surface area contributed by atoms with Crippen molar-refractivity contribution in [3.63, 3.8) is 0 Å². The average Bonchev–Trinajstić information content (AvgIpc) is 2.19. The first kappa shape index (κ1) is 21.4. The third kappa shape index (κ3) is 10.2. The van der Waals surface area contributed by atoms with E-state index in [-0.39, 0.29) is 22.2 Å². The Balaban J connectivity index is 5.86. The van der Waals surface area contributed by atoms with E-state index in [0.717, 1.165) is 0 Å². The lowest BCUT2D eigenvalue weighted by Crippen LogP contribution is -2.36. The van der Waals surface area contributed by atoms with Crippen LogP contribution in [0.25, 0.3) is 0 Å². The molecule has 0 atom stereocenters. The highest BCUT2D eigenvalue weighted by atomic mass is 28.4. The molecule has 10 heteroatoms. The molecule has 0 N–H and O–H groups in total. The Bertz CT molecular complexity index is 399. The van der Waals surface area contributed by atoms with Crippen LogP contribution in [0.3, 0.4) is 0 Å². The molecule has 0 aliphatic heterocycles. The van der Waals surface area contributed by atoms with Crippen molar-refractivity contribution in [2.75, 3.05) is 0 Å². The number of rotatable bonds is 8. The first-order chi connectivity index (χ1) is 9.64. The molecule has 0 saturated heterocycles. The van der Waals surface area contributed by atoms with Gasteiger partial charge in [-0.05, 0) is 58.9 Å². The molecule has 0 aromatic heterocycles. The van der Waals surface area contributed by atoms with Crippen molar-refractivity contribution in [1.82, 2.24) is 0 Å². The minimum absolute atomic E-state index is 0.0140. The van der Waals surface area contributed by atoms with E-state index in [4.69, 9.17) is 18.2 Å². The lowest BCUT2D eigenvalue weighted by Gasteiger charge is -2.30. The number of hydrogen-bond donors (Lipinski definition) is 0. The Morgan fingerprint density at radius 2 is 1.09 bits per heavy atom. The lowest BCUT2D eigenvalue weighted by atomic mass is 10.5. The van der Waals surface area contributed by atoms with Crippen LogP contribution in [-0.2, 0) is 27.5 Å². The second kappa shape index (κ2) is 7.81. The Labute approximate surface area is 140 Å². The summed E-state index contributed by atoms with van der Waals surface area (Å²) in [6.07, 6.45) is 0. The summed E-state index contributed by atoms with van der Waals surface area (Å²) in [5.41, 5.74) is 0. The summed E-state index contributed by atoms with van der Waals surface area (Å²) < 4.78 is 22.4. The smallest absolute Gasteiger partial charge is 0.411 e. The fraction of sp³-hybridized carbons (Fsp3) is 0.750. The van der Waals surface area contributed by atoms with Gasteiger partial charge in [0.25, 0.3) is 5.76 Å². The molecule has 0 fully saturated rings. The molecule has 0 saturated carbocycles. The molecule has 0 rings (SSSR count). The Kier molecular flexibility index (Phi) is 7.61. The van der Waals surface area contributed by atoms with E-state index in [1.807, 2.05) is 58.9 Å². The van der Waals surface area contributed by atoms with E-state index < -0.39 is 30.9 Å². The minimum Gasteiger partial charge on any atom is -0.535 e. The summed E-state index contributed by atoms with van der Waals surface area (Å²) in [7, 11) is -5.76. The van der Waals surface area contributed by atoms with E-state index in [0.29, 0.717) is 0 Å². The summed E-state index contributed by atoms with van der Waals surface area (Å²) in [5, 5.41) is 0. The zero-order valence-electron chi connectivity index (χ0n) is 15.4. The van der Waals surface area contributed by atoms with Gasteiger partial charge in [-0.25, -0.2) is 9.37 Å². The SMILES string of the molecule is C[Si](C)(C)OC(O[Si](C)(C)C)=C(O[Si](C)(C)C)C(=O)OO[SiH3]. The molecule has 0 radical (unpaired) electrons. The third-order valence-electron chi connectivity index (χ3n) is 1.74. The molecular formula is C12H30O6Si4. The largest absolute Gasteiger partial charge is 0.535 e. The van der Waals surface area contributed by atoms with Crippen molar-refractivity contribution in [3.05, 3.63) is 11.7 Å². The molecule has 130 valence electrons. The van der Waals surface area contributed by atoms with Gasteiger partial charge in [0.05, 0.1) is 0 Å². The van der Waals surface area contributed by atoms with E-state index in [1.54, 1.807) is 0 Å².